The lowest BCUT2D eigenvalue weighted by Gasteiger charge is -2.22. The number of isocyanates is 1. The van der Waals surface area contributed by atoms with E-state index >= 15 is 0 Å². The molecule has 106 valence electrons. The van der Waals surface area contributed by atoms with Crippen LogP contribution in [0.15, 0.2) is 65.7 Å². The van der Waals surface area contributed by atoms with Crippen molar-refractivity contribution in [3.63, 3.8) is 0 Å². The minimum Gasteiger partial charge on any atom is -0.342 e. The van der Waals surface area contributed by atoms with E-state index < -0.39 is 5.72 Å². The topological polar surface area (TPSA) is 55.7 Å². The van der Waals surface area contributed by atoms with E-state index in [1.807, 2.05) is 60.7 Å². The molecule has 0 N–H and O–H groups in total. The molecule has 2 aromatic rings. The van der Waals surface area contributed by atoms with Crippen LogP contribution in [0.2, 0.25) is 0 Å². The summed E-state index contributed by atoms with van der Waals surface area (Å²) in [5.74, 6) is 0. The molecule has 0 aliphatic heterocycles. The van der Waals surface area contributed by atoms with Crippen molar-refractivity contribution >= 4 is 12.4 Å². The molecule has 0 fully saturated rings. The summed E-state index contributed by atoms with van der Waals surface area (Å²) >= 11 is 0. The monoisotopic (exact) mass is 281 g/mol. The van der Waals surface area contributed by atoms with Crippen LogP contribution in [-0.4, -0.2) is 18.1 Å². The molecule has 21 heavy (non-hydrogen) atoms. The molecule has 0 amide bonds. The summed E-state index contributed by atoms with van der Waals surface area (Å²) < 4.78 is 5.61. The molecule has 0 aromatic heterocycles. The van der Waals surface area contributed by atoms with Crippen molar-refractivity contribution in [2.45, 2.75) is 18.8 Å². The van der Waals surface area contributed by atoms with Gasteiger partial charge in [0.25, 0.3) is 0 Å². The van der Waals surface area contributed by atoms with E-state index in [-0.39, 0.29) is 13.0 Å². The van der Waals surface area contributed by atoms with Gasteiger partial charge in [-0.25, -0.2) is 4.79 Å². The first-order valence-electron chi connectivity index (χ1n) is 6.55. The Balaban J connectivity index is 2.16. The Hall–Kier alpha value is -2.55. The lowest BCUT2D eigenvalue weighted by atomic mass is 10.0. The highest BCUT2D eigenvalue weighted by Gasteiger charge is 2.31. The summed E-state index contributed by atoms with van der Waals surface area (Å²) in [6.07, 6.45) is 2.18. The number of nitrogens with zero attached hydrogens (tertiary/aromatic N) is 1. The number of rotatable bonds is 7. The minimum absolute atomic E-state index is 0.192. The molecule has 2 rings (SSSR count). The van der Waals surface area contributed by atoms with Gasteiger partial charge in [0.1, 0.15) is 0 Å². The standard InChI is InChI=1S/C17H15NO3/c19-13-17(18-14-20,11-15-7-3-1-4-8-15)21-12-16-9-5-2-6-10-16/h1-10,13H,11-12H2/t17-/m1/s1. The number of aldehydes is 1. The van der Waals surface area contributed by atoms with Gasteiger partial charge in [0, 0.05) is 6.42 Å². The predicted octanol–water partition coefficient (Wildman–Crippen LogP) is 2.68. The molecule has 0 aliphatic carbocycles. The Morgan fingerprint density at radius 2 is 1.57 bits per heavy atom. The minimum atomic E-state index is -1.53. The van der Waals surface area contributed by atoms with Crippen LogP contribution < -0.4 is 0 Å². The van der Waals surface area contributed by atoms with Crippen LogP contribution >= 0.6 is 0 Å². The van der Waals surface area contributed by atoms with Crippen molar-refractivity contribution < 1.29 is 14.3 Å². The third kappa shape index (κ3) is 4.21. The number of carbonyl (C=O) groups excluding carboxylic acids is 2. The lowest BCUT2D eigenvalue weighted by Crippen LogP contribution is -2.34. The molecule has 4 heteroatoms. The van der Waals surface area contributed by atoms with Crippen LogP contribution in [0.3, 0.4) is 0 Å². The molecular weight excluding hydrogens is 266 g/mol. The Kier molecular flexibility index (Phi) is 5.16. The third-order valence-corrected chi connectivity index (χ3v) is 3.05. The number of hydrogen-bond acceptors (Lipinski definition) is 4. The molecule has 0 bridgehead atoms. The Bertz CT molecular complexity index is 621. The van der Waals surface area contributed by atoms with Crippen molar-refractivity contribution in [2.24, 2.45) is 4.99 Å². The Morgan fingerprint density at radius 3 is 2.10 bits per heavy atom. The molecule has 0 unspecified atom stereocenters. The van der Waals surface area contributed by atoms with Crippen LogP contribution in [0, 0.1) is 0 Å². The highest BCUT2D eigenvalue weighted by molar-refractivity contribution is 5.65. The van der Waals surface area contributed by atoms with E-state index in [4.69, 9.17) is 4.74 Å². The molecule has 4 nitrogen and oxygen atoms in total. The van der Waals surface area contributed by atoms with Gasteiger partial charge in [-0.2, -0.15) is 4.99 Å². The first kappa shape index (κ1) is 14.9. The summed E-state index contributed by atoms with van der Waals surface area (Å²) in [7, 11) is 0. The molecule has 0 radical (unpaired) electrons. The zero-order chi connectivity index (χ0) is 15.0. The van der Waals surface area contributed by atoms with Crippen LogP contribution in [0.5, 0.6) is 0 Å². The number of aliphatic imine (C=N–C) groups is 1. The fourth-order valence-corrected chi connectivity index (χ4v) is 1.97. The molecule has 2 aromatic carbocycles. The maximum atomic E-state index is 11.4. The van der Waals surface area contributed by atoms with E-state index in [1.54, 1.807) is 0 Å². The quantitative estimate of drug-likeness (QED) is 0.445. The molecule has 1 atom stereocenters. The van der Waals surface area contributed by atoms with Crippen LogP contribution in [-0.2, 0) is 27.4 Å². The normalized spacial score (nSPS) is 13.0. The molecular formula is C17H15NO3. The van der Waals surface area contributed by atoms with Gasteiger partial charge in [-0.1, -0.05) is 60.7 Å². The number of hydrogen-bond donors (Lipinski definition) is 0. The average molecular weight is 281 g/mol. The van der Waals surface area contributed by atoms with Crippen molar-refractivity contribution in [3.05, 3.63) is 71.8 Å². The van der Waals surface area contributed by atoms with Crippen LogP contribution in [0.25, 0.3) is 0 Å². The van der Waals surface area contributed by atoms with Crippen LogP contribution in [0.4, 0.5) is 0 Å². The van der Waals surface area contributed by atoms with Gasteiger partial charge in [0.15, 0.2) is 6.29 Å². The smallest absolute Gasteiger partial charge is 0.238 e. The van der Waals surface area contributed by atoms with E-state index in [0.29, 0.717) is 6.29 Å². The predicted molar refractivity (Wildman–Crippen MR) is 78.3 cm³/mol. The highest BCUT2D eigenvalue weighted by Crippen LogP contribution is 2.19. The zero-order valence-electron chi connectivity index (χ0n) is 11.4. The SMILES string of the molecule is O=C=N[C@](C=O)(Cc1ccccc1)OCc1ccccc1. The Labute approximate surface area is 123 Å². The van der Waals surface area contributed by atoms with Gasteiger partial charge < -0.3 is 4.74 Å². The first-order chi connectivity index (χ1) is 10.3. The second kappa shape index (κ2) is 7.29. The lowest BCUT2D eigenvalue weighted by molar-refractivity contribution is -0.132. The first-order valence-corrected chi connectivity index (χ1v) is 6.55. The van der Waals surface area contributed by atoms with Gasteiger partial charge in [-0.05, 0) is 11.1 Å². The van der Waals surface area contributed by atoms with E-state index in [0.717, 1.165) is 11.1 Å². The summed E-state index contributed by atoms with van der Waals surface area (Å²) in [5, 5.41) is 0. The fourth-order valence-electron chi connectivity index (χ4n) is 1.97. The number of carbonyl (C=O) groups is 1. The van der Waals surface area contributed by atoms with Crippen molar-refractivity contribution in [3.8, 4) is 0 Å². The molecule has 0 aliphatic rings. The Morgan fingerprint density at radius 1 is 1.00 bits per heavy atom. The van der Waals surface area contributed by atoms with E-state index in [1.165, 1.54) is 6.08 Å². The second-order valence-electron chi connectivity index (χ2n) is 4.60. The number of benzene rings is 2. The molecule has 0 saturated heterocycles. The van der Waals surface area contributed by atoms with Crippen molar-refractivity contribution in [1.82, 2.24) is 0 Å². The fraction of sp³-hybridized carbons (Fsp3) is 0.176. The van der Waals surface area contributed by atoms with E-state index in [2.05, 4.69) is 4.99 Å². The van der Waals surface area contributed by atoms with Gasteiger partial charge in [0.2, 0.25) is 11.8 Å². The second-order valence-corrected chi connectivity index (χ2v) is 4.60. The summed E-state index contributed by atoms with van der Waals surface area (Å²) in [6, 6.07) is 18.7. The number of ether oxygens (including phenoxy) is 1. The summed E-state index contributed by atoms with van der Waals surface area (Å²) in [5.41, 5.74) is 0.230. The van der Waals surface area contributed by atoms with Gasteiger partial charge in [0.05, 0.1) is 6.61 Å². The van der Waals surface area contributed by atoms with Gasteiger partial charge >= 0.3 is 0 Å². The third-order valence-electron chi connectivity index (χ3n) is 3.05. The van der Waals surface area contributed by atoms with E-state index in [9.17, 15) is 9.59 Å². The van der Waals surface area contributed by atoms with Crippen LogP contribution in [0.1, 0.15) is 11.1 Å². The van der Waals surface area contributed by atoms with Gasteiger partial charge in [-0.3, -0.25) is 4.79 Å². The summed E-state index contributed by atoms with van der Waals surface area (Å²) in [4.78, 5) is 25.7. The molecule has 0 saturated carbocycles. The average Bonchev–Trinajstić information content (AvgIpc) is 2.55. The maximum Gasteiger partial charge on any atom is 0.238 e. The van der Waals surface area contributed by atoms with Gasteiger partial charge in [-0.15, -0.1) is 0 Å². The molecule has 0 heterocycles. The largest absolute Gasteiger partial charge is 0.342 e. The summed E-state index contributed by atoms with van der Waals surface area (Å²) in [6.45, 7) is 0.192. The zero-order valence-corrected chi connectivity index (χ0v) is 11.4. The van der Waals surface area contributed by atoms with Crippen molar-refractivity contribution in [1.29, 1.82) is 0 Å². The van der Waals surface area contributed by atoms with Crippen molar-refractivity contribution in [2.75, 3.05) is 0 Å². The maximum absolute atomic E-state index is 11.4. The highest BCUT2D eigenvalue weighted by atomic mass is 16.5. The molecule has 0 spiro atoms.